The van der Waals surface area contributed by atoms with E-state index >= 15 is 0 Å². The molecule has 0 saturated carbocycles. The minimum Gasteiger partial charge on any atom is -0.467 e. The summed E-state index contributed by atoms with van der Waals surface area (Å²) in [5, 5.41) is 8.87. The number of rotatable bonds is 2. The highest BCUT2D eigenvalue weighted by molar-refractivity contribution is 5.93. The maximum absolute atomic E-state index is 13.3. The molecule has 0 saturated heterocycles. The zero-order chi connectivity index (χ0) is 26.5. The monoisotopic (exact) mass is 498 g/mol. The Bertz CT molecular complexity index is 1160. The number of methoxy groups -OCH3 is 1. The average Bonchev–Trinajstić information content (AvgIpc) is 3.15. The summed E-state index contributed by atoms with van der Waals surface area (Å²) in [6.07, 6.45) is 5.33. The van der Waals surface area contributed by atoms with Gasteiger partial charge in [0.05, 0.1) is 7.11 Å². The van der Waals surface area contributed by atoms with Gasteiger partial charge < -0.3 is 30.0 Å². The van der Waals surface area contributed by atoms with Crippen LogP contribution in [-0.2, 0) is 36.8 Å². The van der Waals surface area contributed by atoms with Crippen LogP contribution in [0.25, 0.3) is 10.9 Å². The van der Waals surface area contributed by atoms with E-state index < -0.39 is 47.6 Å². The molecule has 2 heterocycles. The van der Waals surface area contributed by atoms with E-state index in [1.165, 1.54) is 14.0 Å². The lowest BCUT2D eigenvalue weighted by Gasteiger charge is -2.25. The predicted octanol–water partition coefficient (Wildman–Crippen LogP) is 2.20. The van der Waals surface area contributed by atoms with E-state index in [0.29, 0.717) is 6.54 Å². The Labute approximate surface area is 210 Å². The second-order valence-corrected chi connectivity index (χ2v) is 9.75. The fraction of sp³-hybridized carbons (Fsp3) is 0.462. The van der Waals surface area contributed by atoms with Gasteiger partial charge in [-0.05, 0) is 45.7 Å². The quantitative estimate of drug-likeness (QED) is 0.430. The predicted molar refractivity (Wildman–Crippen MR) is 134 cm³/mol. The van der Waals surface area contributed by atoms with Crippen molar-refractivity contribution in [1.29, 1.82) is 0 Å². The summed E-state index contributed by atoms with van der Waals surface area (Å²) in [6, 6.07) is 4.89. The molecule has 2 bridgehead atoms. The van der Waals surface area contributed by atoms with E-state index in [4.69, 9.17) is 9.47 Å². The number of allylic oxidation sites excluding steroid dienone is 1. The number of aromatic nitrogens is 1. The minimum absolute atomic E-state index is 0.182. The molecule has 3 rings (SSSR count). The molecule has 0 unspecified atom stereocenters. The molecule has 0 fully saturated rings. The van der Waals surface area contributed by atoms with Gasteiger partial charge in [-0.1, -0.05) is 30.4 Å². The molecule has 0 spiro atoms. The van der Waals surface area contributed by atoms with Gasteiger partial charge in [-0.3, -0.25) is 9.59 Å². The van der Waals surface area contributed by atoms with Gasteiger partial charge in [-0.15, -0.1) is 0 Å². The number of nitrogens with one attached hydrogen (secondary N) is 3. The van der Waals surface area contributed by atoms with Crippen molar-refractivity contribution in [2.45, 2.75) is 70.8 Å². The van der Waals surface area contributed by atoms with Crippen LogP contribution in [0, 0.1) is 0 Å². The van der Waals surface area contributed by atoms with Crippen molar-refractivity contribution in [3.63, 3.8) is 0 Å². The van der Waals surface area contributed by atoms with Gasteiger partial charge in [0.15, 0.2) is 0 Å². The van der Waals surface area contributed by atoms with Gasteiger partial charge in [0.25, 0.3) is 0 Å². The zero-order valence-electron chi connectivity index (χ0n) is 21.3. The highest BCUT2D eigenvalue weighted by atomic mass is 16.6. The third kappa shape index (κ3) is 6.87. The van der Waals surface area contributed by atoms with E-state index in [0.717, 1.165) is 16.5 Å². The summed E-state index contributed by atoms with van der Waals surface area (Å²) in [5.41, 5.74) is 1.07. The van der Waals surface area contributed by atoms with Crippen LogP contribution >= 0.6 is 0 Å². The number of carbonyl (C=O) groups is 4. The number of hydrogen-bond acceptors (Lipinski definition) is 6. The highest BCUT2D eigenvalue weighted by Crippen LogP contribution is 2.23. The maximum Gasteiger partial charge on any atom is 0.408 e. The number of para-hydroxylation sites is 1. The number of hydrogen-bond donors (Lipinski definition) is 3. The van der Waals surface area contributed by atoms with E-state index in [1.54, 1.807) is 20.8 Å². The number of benzene rings is 1. The van der Waals surface area contributed by atoms with Crippen LogP contribution in [-0.4, -0.2) is 59.3 Å². The number of fused-ring (bicyclic) bond motifs is 5. The second kappa shape index (κ2) is 11.3. The molecule has 3 atom stereocenters. The Morgan fingerprint density at radius 2 is 1.81 bits per heavy atom. The van der Waals surface area contributed by atoms with Crippen LogP contribution in [0.3, 0.4) is 0 Å². The SMILES string of the molecule is COC(=O)[C@@H]1C/C=C\Cn2cc(c3ccccc32)C[C@H](NC(=O)OC(C)(C)C)C(=O)N[C@@H](C)C(=O)N1. The van der Waals surface area contributed by atoms with Gasteiger partial charge in [-0.25, -0.2) is 9.59 Å². The second-order valence-electron chi connectivity index (χ2n) is 9.75. The van der Waals surface area contributed by atoms with Crippen LogP contribution < -0.4 is 16.0 Å². The molecule has 194 valence electrons. The van der Waals surface area contributed by atoms with E-state index in [1.807, 2.05) is 47.2 Å². The Morgan fingerprint density at radius 1 is 1.08 bits per heavy atom. The maximum atomic E-state index is 13.3. The lowest BCUT2D eigenvalue weighted by molar-refractivity contribution is -0.145. The number of amides is 3. The summed E-state index contributed by atoms with van der Waals surface area (Å²) in [4.78, 5) is 50.8. The third-order valence-electron chi connectivity index (χ3n) is 5.70. The topological polar surface area (TPSA) is 128 Å². The molecule has 1 aromatic heterocycles. The number of ether oxygens (including phenoxy) is 2. The molecule has 2 aromatic rings. The number of nitrogens with zero attached hydrogens (tertiary/aromatic N) is 1. The molecule has 1 aliphatic heterocycles. The van der Waals surface area contributed by atoms with Gasteiger partial charge in [-0.2, -0.15) is 0 Å². The zero-order valence-corrected chi connectivity index (χ0v) is 21.3. The third-order valence-corrected chi connectivity index (χ3v) is 5.70. The molecule has 3 amide bonds. The highest BCUT2D eigenvalue weighted by Gasteiger charge is 2.29. The fourth-order valence-electron chi connectivity index (χ4n) is 3.97. The average molecular weight is 499 g/mol. The van der Waals surface area contributed by atoms with Gasteiger partial charge in [0, 0.05) is 30.1 Å². The summed E-state index contributed by atoms with van der Waals surface area (Å²) in [7, 11) is 1.25. The van der Waals surface area contributed by atoms with Crippen molar-refractivity contribution in [2.24, 2.45) is 0 Å². The molecule has 36 heavy (non-hydrogen) atoms. The van der Waals surface area contributed by atoms with Crippen molar-refractivity contribution in [3.8, 4) is 0 Å². The summed E-state index contributed by atoms with van der Waals surface area (Å²) in [6.45, 7) is 7.21. The molecule has 1 aromatic carbocycles. The first-order valence-corrected chi connectivity index (χ1v) is 11.9. The lowest BCUT2D eigenvalue weighted by atomic mass is 10.0. The Balaban J connectivity index is 1.99. The van der Waals surface area contributed by atoms with Crippen LogP contribution in [0.2, 0.25) is 0 Å². The van der Waals surface area contributed by atoms with Gasteiger partial charge in [0.2, 0.25) is 11.8 Å². The Morgan fingerprint density at radius 3 is 2.50 bits per heavy atom. The van der Waals surface area contributed by atoms with Crippen molar-refractivity contribution in [1.82, 2.24) is 20.5 Å². The molecule has 3 N–H and O–H groups in total. The van der Waals surface area contributed by atoms with E-state index in [9.17, 15) is 19.2 Å². The standard InChI is InChI=1S/C26H34N4O6/c1-16-22(31)28-19(24(33)35-5)11-8-9-13-30-15-17(18-10-6-7-12-21(18)30)14-20(23(32)27-16)29-25(34)36-26(2,3)4/h6-10,12,15-16,19-20H,11,13-14H2,1-5H3,(H,27,32)(H,28,31)(H,29,34)/b9-8-/t16-,19-,20-/m0/s1. The summed E-state index contributed by atoms with van der Waals surface area (Å²) >= 11 is 0. The van der Waals surface area contributed by atoms with Crippen LogP contribution in [0.4, 0.5) is 4.79 Å². The molecule has 0 aliphatic carbocycles. The van der Waals surface area contributed by atoms with Crippen molar-refractivity contribution < 1.29 is 28.7 Å². The molecule has 10 nitrogen and oxygen atoms in total. The summed E-state index contributed by atoms with van der Waals surface area (Å²) in [5.74, 6) is -1.69. The normalized spacial score (nSPS) is 22.4. The molecule has 1 aliphatic rings. The first-order valence-electron chi connectivity index (χ1n) is 11.9. The molecule has 0 radical (unpaired) electrons. The number of esters is 1. The largest absolute Gasteiger partial charge is 0.467 e. The van der Waals surface area contributed by atoms with Crippen molar-refractivity contribution in [3.05, 3.63) is 48.2 Å². The Kier molecular flexibility index (Phi) is 8.39. The van der Waals surface area contributed by atoms with Gasteiger partial charge >= 0.3 is 12.1 Å². The minimum atomic E-state index is -1.01. The number of carbonyl (C=O) groups excluding carboxylic acids is 4. The molecule has 10 heteroatoms. The van der Waals surface area contributed by atoms with Gasteiger partial charge in [0.1, 0.15) is 23.7 Å². The fourth-order valence-corrected chi connectivity index (χ4v) is 3.97. The Hall–Kier alpha value is -3.82. The first-order chi connectivity index (χ1) is 17.0. The molecular weight excluding hydrogens is 464 g/mol. The van der Waals surface area contributed by atoms with Crippen molar-refractivity contribution in [2.75, 3.05) is 7.11 Å². The smallest absolute Gasteiger partial charge is 0.408 e. The number of alkyl carbamates (subject to hydrolysis) is 1. The van der Waals surface area contributed by atoms with Crippen LogP contribution in [0.5, 0.6) is 0 Å². The summed E-state index contributed by atoms with van der Waals surface area (Å²) < 4.78 is 12.2. The van der Waals surface area contributed by atoms with Crippen LogP contribution in [0.1, 0.15) is 39.7 Å². The first kappa shape index (κ1) is 26.8. The van der Waals surface area contributed by atoms with E-state index in [2.05, 4.69) is 16.0 Å². The molecular formula is C26H34N4O6. The lowest BCUT2D eigenvalue weighted by Crippen LogP contribution is -2.55. The van der Waals surface area contributed by atoms with Crippen molar-refractivity contribution >= 4 is 34.8 Å². The van der Waals surface area contributed by atoms with E-state index in [-0.39, 0.29) is 12.8 Å². The van der Waals surface area contributed by atoms with Crippen LogP contribution in [0.15, 0.2) is 42.6 Å².